The fraction of sp³-hybridized carbons (Fsp3) is 0.130. The van der Waals surface area contributed by atoms with E-state index in [0.29, 0.717) is 22.8 Å². The van der Waals surface area contributed by atoms with Crippen LogP contribution < -0.4 is 20.1 Å². The molecule has 1 amide bonds. The van der Waals surface area contributed by atoms with Crippen molar-refractivity contribution in [1.29, 1.82) is 0 Å². The lowest BCUT2D eigenvalue weighted by molar-refractivity contribution is -0.115. The summed E-state index contributed by atoms with van der Waals surface area (Å²) in [5, 5.41) is 5.43. The second kappa shape index (κ2) is 10.9. The molecule has 0 unspecified atom stereocenters. The Bertz CT molecular complexity index is 1320. The van der Waals surface area contributed by atoms with Gasteiger partial charge in [0.05, 0.1) is 12.0 Å². The number of benzene rings is 2. The summed E-state index contributed by atoms with van der Waals surface area (Å²) in [6, 6.07) is 14.9. The number of nitrogens with zero attached hydrogens (tertiary/aromatic N) is 2. The van der Waals surface area contributed by atoms with E-state index < -0.39 is 15.9 Å². The van der Waals surface area contributed by atoms with Crippen LogP contribution in [0.4, 0.5) is 11.6 Å². The maximum atomic E-state index is 12.6. The molecule has 34 heavy (non-hydrogen) atoms. The predicted octanol–water partition coefficient (Wildman–Crippen LogP) is 3.43. The Morgan fingerprint density at radius 1 is 1.03 bits per heavy atom. The molecule has 0 fully saturated rings. The number of amides is 1. The highest BCUT2D eigenvalue weighted by Crippen LogP contribution is 2.19. The topological polar surface area (TPSA) is 122 Å². The Kier molecular flexibility index (Phi) is 7.92. The zero-order valence-corrected chi connectivity index (χ0v) is 20.3. The van der Waals surface area contributed by atoms with Crippen LogP contribution in [0.3, 0.4) is 0 Å². The molecule has 3 rings (SSSR count). The maximum Gasteiger partial charge on any atom is 0.264 e. The van der Waals surface area contributed by atoms with Crippen molar-refractivity contribution in [3.63, 3.8) is 0 Å². The molecule has 0 atom stereocenters. The van der Waals surface area contributed by atoms with Gasteiger partial charge in [-0.2, -0.15) is 0 Å². The Hall–Kier alpha value is -3.83. The third kappa shape index (κ3) is 6.83. The minimum absolute atomic E-state index is 0.00442. The predicted molar refractivity (Wildman–Crippen MR) is 135 cm³/mol. The third-order valence-electron chi connectivity index (χ3n) is 4.42. The van der Waals surface area contributed by atoms with Gasteiger partial charge in [0.25, 0.3) is 10.0 Å². The van der Waals surface area contributed by atoms with E-state index in [1.807, 2.05) is 18.2 Å². The van der Waals surface area contributed by atoms with E-state index in [2.05, 4.69) is 25.3 Å². The van der Waals surface area contributed by atoms with Crippen LogP contribution in [-0.4, -0.2) is 36.5 Å². The molecule has 3 N–H and O–H groups in total. The number of sulfonamides is 1. The van der Waals surface area contributed by atoms with Gasteiger partial charge in [-0.05, 0) is 68.5 Å². The van der Waals surface area contributed by atoms with Crippen LogP contribution >= 0.6 is 12.2 Å². The summed E-state index contributed by atoms with van der Waals surface area (Å²) in [5.41, 5.74) is 2.55. The summed E-state index contributed by atoms with van der Waals surface area (Å²) < 4.78 is 32.9. The van der Waals surface area contributed by atoms with Gasteiger partial charge in [-0.15, -0.1) is 0 Å². The van der Waals surface area contributed by atoms with E-state index in [-0.39, 0.29) is 16.0 Å². The smallest absolute Gasteiger partial charge is 0.264 e. The molecule has 11 heteroatoms. The first kappa shape index (κ1) is 24.8. The highest BCUT2D eigenvalue weighted by molar-refractivity contribution is 7.92. The number of ether oxygens (including phenoxy) is 1. The van der Waals surface area contributed by atoms with E-state index in [0.717, 1.165) is 5.56 Å². The lowest BCUT2D eigenvalue weighted by Gasteiger charge is -2.10. The van der Waals surface area contributed by atoms with Crippen LogP contribution in [0.5, 0.6) is 5.75 Å². The van der Waals surface area contributed by atoms with E-state index >= 15 is 0 Å². The van der Waals surface area contributed by atoms with Gasteiger partial charge >= 0.3 is 0 Å². The first-order chi connectivity index (χ1) is 16.2. The Morgan fingerprint density at radius 3 is 2.32 bits per heavy atom. The number of carbonyl (C=O) groups is 1. The third-order valence-corrected chi connectivity index (χ3v) is 5.97. The molecule has 1 heterocycles. The zero-order chi connectivity index (χ0) is 24.7. The molecule has 2 aromatic carbocycles. The number of nitrogens with one attached hydrogen (secondary N) is 3. The number of hydrogen-bond acceptors (Lipinski definition) is 7. The number of aryl methyl sites for hydroxylation is 2. The standard InChI is InChI=1S/C23H23N5O4S2/c1-15-14-16(2)25-22(24-15)28-34(30,31)19-11-9-18(10-12-19)26-23(33)27-21(29)13-8-17-6-4-5-7-20(17)32-3/h4-14H,1-3H3,(H,24,25,28)(H2,26,27,29,33). The quantitative estimate of drug-likeness (QED) is 0.335. The Balaban J connectivity index is 1.59. The van der Waals surface area contributed by atoms with E-state index in [9.17, 15) is 13.2 Å². The average molecular weight is 498 g/mol. The molecule has 1 aromatic heterocycles. The minimum atomic E-state index is -3.88. The van der Waals surface area contributed by atoms with Crippen LogP contribution in [0.2, 0.25) is 0 Å². The second-order valence-electron chi connectivity index (χ2n) is 7.12. The molecule has 0 aliphatic carbocycles. The van der Waals surface area contributed by atoms with Crippen LogP contribution in [0.25, 0.3) is 6.08 Å². The van der Waals surface area contributed by atoms with Gasteiger partial charge in [-0.3, -0.25) is 10.1 Å². The first-order valence-corrected chi connectivity index (χ1v) is 11.9. The number of methoxy groups -OCH3 is 1. The van der Waals surface area contributed by atoms with Gasteiger partial charge in [-0.1, -0.05) is 18.2 Å². The highest BCUT2D eigenvalue weighted by atomic mass is 32.2. The van der Waals surface area contributed by atoms with Gasteiger partial charge in [-0.25, -0.2) is 23.1 Å². The number of aromatic nitrogens is 2. The molecule has 0 aliphatic rings. The number of para-hydroxylation sites is 1. The zero-order valence-electron chi connectivity index (χ0n) is 18.7. The fourth-order valence-corrected chi connectivity index (χ4v) is 4.12. The fourth-order valence-electron chi connectivity index (χ4n) is 2.95. The number of thiocarbonyl (C=S) groups is 1. The average Bonchev–Trinajstić information content (AvgIpc) is 2.77. The molecular formula is C23H23N5O4S2. The summed E-state index contributed by atoms with van der Waals surface area (Å²) in [6.07, 6.45) is 2.95. The maximum absolute atomic E-state index is 12.6. The summed E-state index contributed by atoms with van der Waals surface area (Å²) in [4.78, 5) is 20.4. The molecule has 0 aliphatic heterocycles. The van der Waals surface area contributed by atoms with Gasteiger partial charge < -0.3 is 10.1 Å². The van der Waals surface area contributed by atoms with Crippen LogP contribution in [0, 0.1) is 13.8 Å². The van der Waals surface area contributed by atoms with E-state index in [1.54, 1.807) is 39.2 Å². The van der Waals surface area contributed by atoms with Crippen molar-refractivity contribution < 1.29 is 17.9 Å². The van der Waals surface area contributed by atoms with Gasteiger partial charge in [0.2, 0.25) is 11.9 Å². The Labute approximate surface area is 203 Å². The van der Waals surface area contributed by atoms with Crippen molar-refractivity contribution in [3.8, 4) is 5.75 Å². The molecule has 0 bridgehead atoms. The van der Waals surface area contributed by atoms with Crippen molar-refractivity contribution in [2.24, 2.45) is 0 Å². The second-order valence-corrected chi connectivity index (χ2v) is 9.21. The number of carbonyl (C=O) groups excluding carboxylic acids is 1. The van der Waals surface area contributed by atoms with Gasteiger partial charge in [0.1, 0.15) is 5.75 Å². The van der Waals surface area contributed by atoms with Crippen LogP contribution in [0.1, 0.15) is 17.0 Å². The molecular weight excluding hydrogens is 474 g/mol. The molecule has 9 nitrogen and oxygen atoms in total. The lowest BCUT2D eigenvalue weighted by Crippen LogP contribution is -2.32. The SMILES string of the molecule is COc1ccccc1C=CC(=O)NC(=S)Nc1ccc(S(=O)(=O)Nc2nc(C)cc(C)n2)cc1. The highest BCUT2D eigenvalue weighted by Gasteiger charge is 2.16. The minimum Gasteiger partial charge on any atom is -0.496 e. The summed E-state index contributed by atoms with van der Waals surface area (Å²) in [5.74, 6) is 0.214. The number of rotatable bonds is 7. The molecule has 0 spiro atoms. The van der Waals surface area contributed by atoms with Crippen molar-refractivity contribution in [1.82, 2.24) is 15.3 Å². The molecule has 0 saturated heterocycles. The number of hydrogen-bond donors (Lipinski definition) is 3. The summed E-state index contributed by atoms with van der Waals surface area (Å²) >= 11 is 5.16. The van der Waals surface area contributed by atoms with E-state index in [1.165, 1.54) is 30.3 Å². The number of anilines is 2. The van der Waals surface area contributed by atoms with Crippen molar-refractivity contribution in [3.05, 3.63) is 77.6 Å². The van der Waals surface area contributed by atoms with Gasteiger partial charge in [0.15, 0.2) is 5.11 Å². The van der Waals surface area contributed by atoms with Crippen molar-refractivity contribution in [2.45, 2.75) is 18.7 Å². The normalized spacial score (nSPS) is 11.1. The monoisotopic (exact) mass is 497 g/mol. The van der Waals surface area contributed by atoms with Crippen molar-refractivity contribution >= 4 is 51.0 Å². The largest absolute Gasteiger partial charge is 0.496 e. The van der Waals surface area contributed by atoms with Gasteiger partial charge in [0, 0.05) is 28.7 Å². The van der Waals surface area contributed by atoms with Crippen LogP contribution in [-0.2, 0) is 14.8 Å². The van der Waals surface area contributed by atoms with E-state index in [4.69, 9.17) is 17.0 Å². The lowest BCUT2D eigenvalue weighted by atomic mass is 10.2. The molecule has 3 aromatic rings. The Morgan fingerprint density at radius 2 is 1.68 bits per heavy atom. The summed E-state index contributed by atoms with van der Waals surface area (Å²) in [7, 11) is -2.32. The molecule has 0 saturated carbocycles. The molecule has 0 radical (unpaired) electrons. The summed E-state index contributed by atoms with van der Waals surface area (Å²) in [6.45, 7) is 3.51. The first-order valence-electron chi connectivity index (χ1n) is 10.0. The van der Waals surface area contributed by atoms with Crippen LogP contribution in [0.15, 0.2) is 65.6 Å². The van der Waals surface area contributed by atoms with Crippen molar-refractivity contribution in [2.75, 3.05) is 17.1 Å². The molecule has 176 valence electrons.